The molecule has 2 aromatic carbocycles. The fourth-order valence-corrected chi connectivity index (χ4v) is 4.41. The minimum absolute atomic E-state index is 0.258. The number of esters is 1. The summed E-state index contributed by atoms with van der Waals surface area (Å²) in [5.74, 6) is 0.456. The van der Waals surface area contributed by atoms with E-state index < -0.39 is 0 Å². The summed E-state index contributed by atoms with van der Waals surface area (Å²) in [5, 5.41) is 0.839. The summed E-state index contributed by atoms with van der Waals surface area (Å²) < 4.78 is 11.6. The van der Waals surface area contributed by atoms with Crippen molar-refractivity contribution < 1.29 is 14.3 Å². The lowest BCUT2D eigenvalue weighted by molar-refractivity contribution is 0.0474. The molecule has 158 valence electrons. The molecule has 1 saturated heterocycles. The Labute approximate surface area is 178 Å². The van der Waals surface area contributed by atoms with Crippen LogP contribution in [0, 0.1) is 6.92 Å². The molecule has 1 aliphatic rings. The van der Waals surface area contributed by atoms with Gasteiger partial charge in [-0.25, -0.2) is 4.79 Å². The van der Waals surface area contributed by atoms with Crippen molar-refractivity contribution in [2.75, 3.05) is 13.2 Å². The summed E-state index contributed by atoms with van der Waals surface area (Å²) in [4.78, 5) is 18.6. The number of hydrogen-bond donors (Lipinski definition) is 1. The number of nitrogens with one attached hydrogen (secondary N) is 1. The highest BCUT2D eigenvalue weighted by Crippen LogP contribution is 2.28. The lowest BCUT2D eigenvalue weighted by atomic mass is 10.1. The number of nitrogens with zero attached hydrogens (tertiary/aromatic N) is 1. The van der Waals surface area contributed by atoms with E-state index >= 15 is 0 Å². The second-order valence-electron chi connectivity index (χ2n) is 8.26. The van der Waals surface area contributed by atoms with Crippen LogP contribution in [0.5, 0.6) is 5.75 Å². The van der Waals surface area contributed by atoms with Crippen LogP contribution in [-0.4, -0.2) is 41.1 Å². The highest BCUT2D eigenvalue weighted by atomic mass is 16.5. The van der Waals surface area contributed by atoms with Gasteiger partial charge in [0.05, 0.1) is 5.56 Å². The highest BCUT2D eigenvalue weighted by molar-refractivity contribution is 6.05. The second-order valence-corrected chi connectivity index (χ2v) is 8.26. The number of aromatic amines is 1. The van der Waals surface area contributed by atoms with Crippen LogP contribution >= 0.6 is 0 Å². The number of ether oxygens (including phenoxy) is 2. The van der Waals surface area contributed by atoms with Crippen molar-refractivity contribution in [2.24, 2.45) is 0 Å². The fraction of sp³-hybridized carbons (Fsp3) is 0.400. The Morgan fingerprint density at radius 3 is 2.57 bits per heavy atom. The molecule has 0 bridgehead atoms. The van der Waals surface area contributed by atoms with Gasteiger partial charge in [-0.15, -0.1) is 0 Å². The summed E-state index contributed by atoms with van der Waals surface area (Å²) in [5.41, 5.74) is 3.26. The first-order valence-corrected chi connectivity index (χ1v) is 10.7. The number of aryl methyl sites for hydroxylation is 1. The molecule has 1 aliphatic heterocycles. The monoisotopic (exact) mass is 406 g/mol. The van der Waals surface area contributed by atoms with Gasteiger partial charge in [0.15, 0.2) is 0 Å². The third-order valence-electron chi connectivity index (χ3n) is 6.13. The molecule has 1 N–H and O–H groups in total. The average molecular weight is 407 g/mol. The Bertz CT molecular complexity index is 1000. The van der Waals surface area contributed by atoms with E-state index in [1.807, 2.05) is 55.5 Å². The van der Waals surface area contributed by atoms with Crippen LogP contribution in [0.4, 0.5) is 0 Å². The molecule has 5 heteroatoms. The summed E-state index contributed by atoms with van der Waals surface area (Å²) in [6.45, 7) is 8.27. The van der Waals surface area contributed by atoms with E-state index in [1.54, 1.807) is 0 Å². The number of carbonyl (C=O) groups excluding carboxylic acids is 1. The average Bonchev–Trinajstić information content (AvgIpc) is 3.25. The van der Waals surface area contributed by atoms with Crippen molar-refractivity contribution in [1.82, 2.24) is 9.88 Å². The van der Waals surface area contributed by atoms with Gasteiger partial charge in [0.25, 0.3) is 0 Å². The topological polar surface area (TPSA) is 54.6 Å². The number of fused-ring (bicyclic) bond motifs is 1. The van der Waals surface area contributed by atoms with E-state index in [1.165, 1.54) is 12.8 Å². The van der Waals surface area contributed by atoms with Gasteiger partial charge in [-0.3, -0.25) is 4.90 Å². The Kier molecular flexibility index (Phi) is 6.09. The van der Waals surface area contributed by atoms with Crippen LogP contribution in [-0.2, 0) is 11.3 Å². The molecule has 0 amide bonds. The molecule has 0 aliphatic carbocycles. The molecule has 2 heterocycles. The number of hydrogen-bond acceptors (Lipinski definition) is 4. The maximum atomic E-state index is 12.8. The molecule has 2 atom stereocenters. The zero-order valence-electron chi connectivity index (χ0n) is 18.0. The number of rotatable bonds is 7. The van der Waals surface area contributed by atoms with Gasteiger partial charge in [0, 0.05) is 35.2 Å². The number of benzene rings is 2. The van der Waals surface area contributed by atoms with Crippen LogP contribution in [0.1, 0.15) is 48.3 Å². The molecule has 2 unspecified atom stereocenters. The smallest absolute Gasteiger partial charge is 0.340 e. The summed E-state index contributed by atoms with van der Waals surface area (Å²) >= 11 is 0. The Morgan fingerprint density at radius 1 is 1.10 bits per heavy atom. The van der Waals surface area contributed by atoms with E-state index in [4.69, 9.17) is 9.47 Å². The summed E-state index contributed by atoms with van der Waals surface area (Å²) in [6.07, 6.45) is 2.51. The minimum atomic E-state index is -0.320. The van der Waals surface area contributed by atoms with Gasteiger partial charge < -0.3 is 14.5 Å². The maximum Gasteiger partial charge on any atom is 0.340 e. The zero-order valence-corrected chi connectivity index (χ0v) is 18.0. The number of H-pyrrole nitrogens is 1. The Balaban J connectivity index is 1.44. The van der Waals surface area contributed by atoms with Gasteiger partial charge in [-0.2, -0.15) is 0 Å². The molecule has 30 heavy (non-hydrogen) atoms. The molecular formula is C25H30N2O3. The summed E-state index contributed by atoms with van der Waals surface area (Å²) in [7, 11) is 0. The van der Waals surface area contributed by atoms with Gasteiger partial charge in [-0.1, -0.05) is 30.3 Å². The standard InChI is InChI=1S/C25H30N2O3/c1-17-9-10-18(2)27(17)13-14-29-21-11-12-23-22(15-21)24(19(3)26-23)25(28)30-16-20-7-5-4-6-8-20/h4-8,11-12,15,17-18,26H,9-10,13-14,16H2,1-3H3. The number of aromatic nitrogens is 1. The molecule has 0 saturated carbocycles. The Morgan fingerprint density at radius 2 is 1.83 bits per heavy atom. The van der Waals surface area contributed by atoms with E-state index in [-0.39, 0.29) is 12.6 Å². The van der Waals surface area contributed by atoms with E-state index in [2.05, 4.69) is 23.7 Å². The van der Waals surface area contributed by atoms with Crippen molar-refractivity contribution in [3.63, 3.8) is 0 Å². The quantitative estimate of drug-likeness (QED) is 0.556. The van der Waals surface area contributed by atoms with Gasteiger partial charge >= 0.3 is 5.97 Å². The highest BCUT2D eigenvalue weighted by Gasteiger charge is 2.26. The third-order valence-corrected chi connectivity index (χ3v) is 6.13. The van der Waals surface area contributed by atoms with E-state index in [0.717, 1.165) is 34.5 Å². The van der Waals surface area contributed by atoms with Crippen molar-refractivity contribution in [3.05, 3.63) is 65.4 Å². The Hall–Kier alpha value is -2.79. The van der Waals surface area contributed by atoms with Crippen LogP contribution < -0.4 is 4.74 Å². The lowest BCUT2D eigenvalue weighted by Crippen LogP contribution is -2.36. The van der Waals surface area contributed by atoms with Crippen molar-refractivity contribution in [1.29, 1.82) is 0 Å². The number of likely N-dealkylation sites (tertiary alicyclic amines) is 1. The molecular weight excluding hydrogens is 376 g/mol. The van der Waals surface area contributed by atoms with Crippen LogP contribution in [0.2, 0.25) is 0 Å². The summed E-state index contributed by atoms with van der Waals surface area (Å²) in [6, 6.07) is 16.8. The predicted molar refractivity (Wildman–Crippen MR) is 119 cm³/mol. The fourth-order valence-electron chi connectivity index (χ4n) is 4.41. The lowest BCUT2D eigenvalue weighted by Gasteiger charge is -2.25. The van der Waals surface area contributed by atoms with E-state index in [9.17, 15) is 4.79 Å². The first-order chi connectivity index (χ1) is 14.5. The second kappa shape index (κ2) is 8.92. The minimum Gasteiger partial charge on any atom is -0.492 e. The maximum absolute atomic E-state index is 12.8. The van der Waals surface area contributed by atoms with Crippen LogP contribution in [0.25, 0.3) is 10.9 Å². The van der Waals surface area contributed by atoms with Crippen molar-refractivity contribution in [3.8, 4) is 5.75 Å². The molecule has 0 radical (unpaired) electrons. The molecule has 1 aromatic heterocycles. The van der Waals surface area contributed by atoms with Crippen molar-refractivity contribution in [2.45, 2.75) is 52.3 Å². The number of carbonyl (C=O) groups is 1. The molecule has 3 aromatic rings. The zero-order chi connectivity index (χ0) is 21.1. The van der Waals surface area contributed by atoms with Gasteiger partial charge in [0.1, 0.15) is 19.0 Å². The molecule has 0 spiro atoms. The first kappa shape index (κ1) is 20.5. The molecule has 5 nitrogen and oxygen atoms in total. The predicted octanol–water partition coefficient (Wildman–Crippen LogP) is 5.08. The van der Waals surface area contributed by atoms with Gasteiger partial charge in [0.2, 0.25) is 0 Å². The largest absolute Gasteiger partial charge is 0.492 e. The molecule has 4 rings (SSSR count). The van der Waals surface area contributed by atoms with Crippen LogP contribution in [0.3, 0.4) is 0 Å². The van der Waals surface area contributed by atoms with Gasteiger partial charge in [-0.05, 0) is 57.4 Å². The first-order valence-electron chi connectivity index (χ1n) is 10.7. The van der Waals surface area contributed by atoms with E-state index in [0.29, 0.717) is 24.3 Å². The normalized spacial score (nSPS) is 19.3. The third kappa shape index (κ3) is 4.36. The molecule has 1 fully saturated rings. The van der Waals surface area contributed by atoms with Crippen molar-refractivity contribution >= 4 is 16.9 Å². The SMILES string of the molecule is Cc1[nH]c2ccc(OCCN3C(C)CCC3C)cc2c1C(=O)OCc1ccccc1. The van der Waals surface area contributed by atoms with Crippen LogP contribution in [0.15, 0.2) is 48.5 Å².